The molecule has 2 heterocycles. The van der Waals surface area contributed by atoms with Crippen LogP contribution >= 0.6 is 0 Å². The van der Waals surface area contributed by atoms with E-state index in [1.165, 1.54) is 0 Å². The lowest BCUT2D eigenvalue weighted by molar-refractivity contribution is 0.0734. The van der Waals surface area contributed by atoms with Gasteiger partial charge in [0.25, 0.3) is 0 Å². The Balaban J connectivity index is 1.37. The van der Waals surface area contributed by atoms with Gasteiger partial charge in [-0.15, -0.1) is 0 Å². The Bertz CT molecular complexity index is 1220. The first kappa shape index (κ1) is 17.9. The van der Waals surface area contributed by atoms with E-state index in [9.17, 15) is 9.59 Å². The third kappa shape index (κ3) is 3.37. The van der Waals surface area contributed by atoms with Gasteiger partial charge in [-0.2, -0.15) is 0 Å². The predicted octanol–water partition coefficient (Wildman–Crippen LogP) is 4.84. The lowest BCUT2D eigenvalue weighted by atomic mass is 10.1. The van der Waals surface area contributed by atoms with E-state index in [4.69, 9.17) is 14.2 Å². The SMILES string of the molecule is O=C(Oc1ccc2c(c1)O/C(=C\C1=Cc3ccccc3OC1)C2=O)c1ccccc1. The van der Waals surface area contributed by atoms with E-state index in [2.05, 4.69) is 0 Å². The zero-order valence-electron chi connectivity index (χ0n) is 15.8. The molecule has 0 saturated carbocycles. The van der Waals surface area contributed by atoms with Gasteiger partial charge >= 0.3 is 5.97 Å². The molecule has 0 amide bonds. The van der Waals surface area contributed by atoms with Crippen LogP contribution in [0.4, 0.5) is 0 Å². The fraction of sp³-hybridized carbons (Fsp3) is 0.0400. The van der Waals surface area contributed by atoms with Gasteiger partial charge in [0, 0.05) is 11.6 Å². The molecule has 0 unspecified atom stereocenters. The maximum absolute atomic E-state index is 12.7. The molecule has 146 valence electrons. The number of carbonyl (C=O) groups excluding carboxylic acids is 2. The molecule has 2 aliphatic heterocycles. The Labute approximate surface area is 172 Å². The number of hydrogen-bond acceptors (Lipinski definition) is 5. The smallest absolute Gasteiger partial charge is 0.343 e. The number of carbonyl (C=O) groups is 2. The molecule has 0 aliphatic carbocycles. The van der Waals surface area contributed by atoms with E-state index in [1.54, 1.807) is 48.5 Å². The standard InChI is InChI=1S/C25H16O5/c26-24-20-11-10-19(29-25(27)17-6-2-1-3-7-17)14-22(20)30-23(24)13-16-12-18-8-4-5-9-21(18)28-15-16/h1-14H,15H2/b23-13-. The minimum absolute atomic E-state index is 0.214. The lowest BCUT2D eigenvalue weighted by Crippen LogP contribution is -2.08. The highest BCUT2D eigenvalue weighted by Gasteiger charge is 2.28. The summed E-state index contributed by atoms with van der Waals surface area (Å²) in [5.74, 6) is 1.01. The first-order valence-corrected chi connectivity index (χ1v) is 9.45. The van der Waals surface area contributed by atoms with E-state index >= 15 is 0 Å². The minimum Gasteiger partial charge on any atom is -0.488 e. The second kappa shape index (κ2) is 7.37. The van der Waals surface area contributed by atoms with Gasteiger partial charge in [-0.25, -0.2) is 4.79 Å². The van der Waals surface area contributed by atoms with E-state index in [-0.39, 0.29) is 11.5 Å². The third-order valence-corrected chi connectivity index (χ3v) is 4.83. The molecule has 3 aromatic rings. The summed E-state index contributed by atoms with van der Waals surface area (Å²) in [5.41, 5.74) is 2.66. The zero-order valence-corrected chi connectivity index (χ0v) is 15.8. The van der Waals surface area contributed by atoms with Gasteiger partial charge in [0.15, 0.2) is 5.76 Å². The Hall–Kier alpha value is -4.12. The van der Waals surface area contributed by atoms with Crippen molar-refractivity contribution in [1.82, 2.24) is 0 Å². The van der Waals surface area contributed by atoms with Crippen molar-refractivity contribution in [3.63, 3.8) is 0 Å². The first-order chi connectivity index (χ1) is 14.7. The number of rotatable bonds is 3. The van der Waals surface area contributed by atoms with E-state index in [0.29, 0.717) is 29.2 Å². The maximum atomic E-state index is 12.7. The highest BCUT2D eigenvalue weighted by Crippen LogP contribution is 2.35. The summed E-state index contributed by atoms with van der Waals surface area (Å²) >= 11 is 0. The number of benzene rings is 3. The van der Waals surface area contributed by atoms with Crippen LogP contribution in [0, 0.1) is 0 Å². The molecule has 0 spiro atoms. The van der Waals surface area contributed by atoms with Crippen molar-refractivity contribution in [2.75, 3.05) is 6.61 Å². The van der Waals surface area contributed by atoms with Crippen LogP contribution in [0.25, 0.3) is 6.08 Å². The molecule has 5 rings (SSSR count). The van der Waals surface area contributed by atoms with Crippen molar-refractivity contribution in [2.24, 2.45) is 0 Å². The maximum Gasteiger partial charge on any atom is 0.343 e. The largest absolute Gasteiger partial charge is 0.488 e. The molecule has 5 heteroatoms. The lowest BCUT2D eigenvalue weighted by Gasteiger charge is -2.15. The molecular formula is C25H16O5. The number of allylic oxidation sites excluding steroid dienone is 1. The summed E-state index contributed by atoms with van der Waals surface area (Å²) in [6, 6.07) is 21.1. The van der Waals surface area contributed by atoms with Crippen LogP contribution in [0.1, 0.15) is 26.3 Å². The third-order valence-electron chi connectivity index (χ3n) is 4.83. The fourth-order valence-corrected chi connectivity index (χ4v) is 3.36. The molecular weight excluding hydrogens is 380 g/mol. The number of ketones is 1. The molecule has 0 N–H and O–H groups in total. The Morgan fingerprint density at radius 3 is 2.60 bits per heavy atom. The van der Waals surface area contributed by atoms with Gasteiger partial charge in [0.05, 0.1) is 11.1 Å². The number of hydrogen-bond donors (Lipinski definition) is 0. The number of Topliss-reactive ketones (excluding diaryl/α,β-unsaturated/α-hetero) is 1. The molecule has 3 aromatic carbocycles. The van der Waals surface area contributed by atoms with Gasteiger partial charge in [0.1, 0.15) is 23.9 Å². The van der Waals surface area contributed by atoms with E-state index < -0.39 is 5.97 Å². The van der Waals surface area contributed by atoms with Crippen molar-refractivity contribution in [1.29, 1.82) is 0 Å². The van der Waals surface area contributed by atoms with Gasteiger partial charge in [-0.1, -0.05) is 36.4 Å². The van der Waals surface area contributed by atoms with Crippen molar-refractivity contribution in [2.45, 2.75) is 0 Å². The summed E-state index contributed by atoms with van der Waals surface area (Å²) in [4.78, 5) is 24.9. The van der Waals surface area contributed by atoms with Crippen molar-refractivity contribution < 1.29 is 23.8 Å². The second-order valence-corrected chi connectivity index (χ2v) is 6.90. The van der Waals surface area contributed by atoms with E-state index in [0.717, 1.165) is 16.9 Å². The zero-order chi connectivity index (χ0) is 20.5. The van der Waals surface area contributed by atoms with Gasteiger partial charge < -0.3 is 14.2 Å². The van der Waals surface area contributed by atoms with Gasteiger partial charge in [-0.05, 0) is 48.1 Å². The molecule has 5 nitrogen and oxygen atoms in total. The van der Waals surface area contributed by atoms with Crippen LogP contribution in [-0.4, -0.2) is 18.4 Å². The van der Waals surface area contributed by atoms with Crippen molar-refractivity contribution in [3.8, 4) is 17.2 Å². The van der Waals surface area contributed by atoms with Crippen LogP contribution in [0.15, 0.2) is 90.2 Å². The molecule has 0 fully saturated rings. The minimum atomic E-state index is -0.473. The van der Waals surface area contributed by atoms with Crippen molar-refractivity contribution in [3.05, 3.63) is 107 Å². The van der Waals surface area contributed by atoms with Crippen LogP contribution in [0.5, 0.6) is 17.2 Å². The van der Waals surface area contributed by atoms with Crippen LogP contribution in [0.3, 0.4) is 0 Å². The number of ether oxygens (including phenoxy) is 3. The Morgan fingerprint density at radius 2 is 1.73 bits per heavy atom. The molecule has 30 heavy (non-hydrogen) atoms. The first-order valence-electron chi connectivity index (χ1n) is 9.45. The number of para-hydroxylation sites is 1. The fourth-order valence-electron chi connectivity index (χ4n) is 3.36. The topological polar surface area (TPSA) is 61.8 Å². The summed E-state index contributed by atoms with van der Waals surface area (Å²) < 4.78 is 16.9. The molecule has 0 saturated heterocycles. The van der Waals surface area contributed by atoms with Crippen LogP contribution in [-0.2, 0) is 0 Å². The molecule has 0 radical (unpaired) electrons. The second-order valence-electron chi connectivity index (χ2n) is 6.90. The van der Waals surface area contributed by atoms with Gasteiger partial charge in [-0.3, -0.25) is 4.79 Å². The molecule has 0 bridgehead atoms. The summed E-state index contributed by atoms with van der Waals surface area (Å²) in [6.07, 6.45) is 3.66. The monoisotopic (exact) mass is 396 g/mol. The Kier molecular flexibility index (Phi) is 4.41. The predicted molar refractivity (Wildman–Crippen MR) is 111 cm³/mol. The summed E-state index contributed by atoms with van der Waals surface area (Å²) in [7, 11) is 0. The Morgan fingerprint density at radius 1 is 0.933 bits per heavy atom. The van der Waals surface area contributed by atoms with E-state index in [1.807, 2.05) is 36.4 Å². The quantitative estimate of drug-likeness (QED) is 0.360. The van der Waals surface area contributed by atoms with Gasteiger partial charge in [0.2, 0.25) is 5.78 Å². The van der Waals surface area contributed by atoms with Crippen LogP contribution < -0.4 is 14.2 Å². The summed E-state index contributed by atoms with van der Waals surface area (Å²) in [5, 5.41) is 0. The average Bonchev–Trinajstić information content (AvgIpc) is 3.09. The average molecular weight is 396 g/mol. The normalized spacial score (nSPS) is 15.5. The molecule has 2 aliphatic rings. The molecule has 0 atom stereocenters. The number of esters is 1. The molecule has 0 aromatic heterocycles. The van der Waals surface area contributed by atoms with Crippen LogP contribution in [0.2, 0.25) is 0 Å². The highest BCUT2D eigenvalue weighted by atomic mass is 16.5. The van der Waals surface area contributed by atoms with Crippen molar-refractivity contribution >= 4 is 17.8 Å². The highest BCUT2D eigenvalue weighted by molar-refractivity contribution is 6.12. The number of fused-ring (bicyclic) bond motifs is 2. The summed E-state index contributed by atoms with van der Waals surface area (Å²) in [6.45, 7) is 0.355.